The van der Waals surface area contributed by atoms with Crippen LogP contribution in [0.15, 0.2) is 0 Å². The minimum Gasteiger partial charge on any atom is -0.0622 e. The van der Waals surface area contributed by atoms with E-state index in [4.69, 9.17) is 0 Å². The maximum Gasteiger partial charge on any atom is -0.0386 e. The quantitative estimate of drug-likeness (QED) is 0.482. The number of hydrogen-bond donors (Lipinski definition) is 0. The van der Waals surface area contributed by atoms with Crippen molar-refractivity contribution in [3.63, 3.8) is 0 Å². The van der Waals surface area contributed by atoms with Gasteiger partial charge in [0.25, 0.3) is 0 Å². The second-order valence-corrected chi connectivity index (χ2v) is 4.35. The van der Waals surface area contributed by atoms with Crippen LogP contribution in [-0.2, 0) is 0 Å². The smallest absolute Gasteiger partial charge is 0.0386 e. The normalized spacial score (nSPS) is 47.1. The Balaban J connectivity index is 2.03. The molecule has 2 rings (SSSR count). The average Bonchev–Trinajstić information content (AvgIpc) is 2.27. The SMILES string of the molecule is C[C@H]1CCCC2CCC1C2. The highest BCUT2D eigenvalue weighted by Gasteiger charge is 2.30. The molecule has 0 heteroatoms. The molecular weight excluding hydrogens is 120 g/mol. The minimum atomic E-state index is 1.05. The summed E-state index contributed by atoms with van der Waals surface area (Å²) in [7, 11) is 0. The molecule has 0 N–H and O–H groups in total. The molecule has 0 heterocycles. The molecule has 0 nitrogen and oxygen atoms in total. The molecule has 2 bridgehead atoms. The fraction of sp³-hybridized carbons (Fsp3) is 1.00. The van der Waals surface area contributed by atoms with Gasteiger partial charge in [0.15, 0.2) is 0 Å². The van der Waals surface area contributed by atoms with E-state index in [1.165, 1.54) is 12.8 Å². The van der Waals surface area contributed by atoms with Crippen molar-refractivity contribution >= 4 is 0 Å². The maximum absolute atomic E-state index is 2.46. The monoisotopic (exact) mass is 138 g/mol. The lowest BCUT2D eigenvalue weighted by Crippen LogP contribution is -2.05. The largest absolute Gasteiger partial charge is 0.0622 e. The van der Waals surface area contributed by atoms with E-state index in [-0.39, 0.29) is 0 Å². The summed E-state index contributed by atoms with van der Waals surface area (Å²) < 4.78 is 0. The first-order valence-electron chi connectivity index (χ1n) is 4.86. The van der Waals surface area contributed by atoms with Crippen LogP contribution in [-0.4, -0.2) is 0 Å². The Morgan fingerprint density at radius 3 is 2.80 bits per heavy atom. The van der Waals surface area contributed by atoms with Gasteiger partial charge in [-0.1, -0.05) is 32.6 Å². The molecule has 58 valence electrons. The first-order valence-corrected chi connectivity index (χ1v) is 4.86. The summed E-state index contributed by atoms with van der Waals surface area (Å²) in [5.41, 5.74) is 0. The summed E-state index contributed by atoms with van der Waals surface area (Å²) in [6, 6.07) is 0. The molecule has 3 atom stereocenters. The molecule has 0 amide bonds. The Labute approximate surface area is 64.0 Å². The number of fused-ring (bicyclic) bond motifs is 2. The summed E-state index contributed by atoms with van der Waals surface area (Å²) in [5.74, 6) is 3.30. The summed E-state index contributed by atoms with van der Waals surface area (Å²) in [6.45, 7) is 2.46. The summed E-state index contributed by atoms with van der Waals surface area (Å²) in [4.78, 5) is 0. The zero-order chi connectivity index (χ0) is 6.97. The summed E-state index contributed by atoms with van der Waals surface area (Å²) in [6.07, 6.45) is 9.24. The Bertz CT molecular complexity index is 117. The van der Waals surface area contributed by atoms with E-state index in [2.05, 4.69) is 6.92 Å². The minimum absolute atomic E-state index is 1.05. The zero-order valence-corrected chi connectivity index (χ0v) is 6.97. The molecule has 2 saturated carbocycles. The van der Waals surface area contributed by atoms with E-state index in [1.807, 2.05) is 0 Å². The van der Waals surface area contributed by atoms with E-state index in [0.717, 1.165) is 17.8 Å². The third-order valence-corrected chi connectivity index (χ3v) is 3.66. The van der Waals surface area contributed by atoms with Crippen LogP contribution in [0.25, 0.3) is 0 Å². The second kappa shape index (κ2) is 2.56. The van der Waals surface area contributed by atoms with Crippen molar-refractivity contribution in [2.45, 2.75) is 45.4 Å². The van der Waals surface area contributed by atoms with Crippen LogP contribution < -0.4 is 0 Å². The van der Waals surface area contributed by atoms with E-state index in [9.17, 15) is 0 Å². The van der Waals surface area contributed by atoms with E-state index >= 15 is 0 Å². The Kier molecular flexibility index (Phi) is 1.71. The van der Waals surface area contributed by atoms with Crippen molar-refractivity contribution in [1.29, 1.82) is 0 Å². The van der Waals surface area contributed by atoms with Crippen molar-refractivity contribution in [3.8, 4) is 0 Å². The van der Waals surface area contributed by atoms with Gasteiger partial charge in [-0.3, -0.25) is 0 Å². The molecule has 2 aliphatic rings. The van der Waals surface area contributed by atoms with E-state index < -0.39 is 0 Å². The molecule has 0 aromatic carbocycles. The Hall–Kier alpha value is 0. The van der Waals surface area contributed by atoms with Crippen molar-refractivity contribution < 1.29 is 0 Å². The first-order chi connectivity index (χ1) is 4.86. The van der Waals surface area contributed by atoms with Gasteiger partial charge in [0.2, 0.25) is 0 Å². The lowest BCUT2D eigenvalue weighted by atomic mass is 9.90. The van der Waals surface area contributed by atoms with Gasteiger partial charge in [-0.2, -0.15) is 0 Å². The highest BCUT2D eigenvalue weighted by Crippen LogP contribution is 2.42. The lowest BCUT2D eigenvalue weighted by Gasteiger charge is -2.16. The van der Waals surface area contributed by atoms with Crippen LogP contribution in [0.3, 0.4) is 0 Å². The molecule has 2 fully saturated rings. The van der Waals surface area contributed by atoms with Crippen molar-refractivity contribution in [2.75, 3.05) is 0 Å². The summed E-state index contributed by atoms with van der Waals surface area (Å²) >= 11 is 0. The molecule has 0 saturated heterocycles. The van der Waals surface area contributed by atoms with Gasteiger partial charge < -0.3 is 0 Å². The topological polar surface area (TPSA) is 0 Å². The van der Waals surface area contributed by atoms with Crippen LogP contribution in [0.2, 0.25) is 0 Å². The lowest BCUT2D eigenvalue weighted by molar-refractivity contribution is 0.352. The predicted octanol–water partition coefficient (Wildman–Crippen LogP) is 3.22. The highest BCUT2D eigenvalue weighted by atomic mass is 14.4. The van der Waals surface area contributed by atoms with E-state index in [1.54, 1.807) is 25.7 Å². The zero-order valence-electron chi connectivity index (χ0n) is 6.97. The fourth-order valence-corrected chi connectivity index (χ4v) is 2.86. The van der Waals surface area contributed by atoms with Gasteiger partial charge in [0.1, 0.15) is 0 Å². The standard InChI is InChI=1S/C10H18/c1-8-3-2-4-9-5-6-10(8)7-9/h8-10H,2-7H2,1H3/t8-,9?,10?/m0/s1. The second-order valence-electron chi connectivity index (χ2n) is 4.35. The molecule has 2 aliphatic carbocycles. The molecule has 0 aliphatic heterocycles. The van der Waals surface area contributed by atoms with Crippen LogP contribution in [0.5, 0.6) is 0 Å². The fourth-order valence-electron chi connectivity index (χ4n) is 2.86. The van der Waals surface area contributed by atoms with Crippen LogP contribution in [0.4, 0.5) is 0 Å². The number of hydrogen-bond acceptors (Lipinski definition) is 0. The van der Waals surface area contributed by atoms with Gasteiger partial charge in [-0.15, -0.1) is 0 Å². The third-order valence-electron chi connectivity index (χ3n) is 3.66. The molecule has 2 unspecified atom stereocenters. The Morgan fingerprint density at radius 1 is 1.00 bits per heavy atom. The molecule has 0 spiro atoms. The van der Waals surface area contributed by atoms with Crippen molar-refractivity contribution in [3.05, 3.63) is 0 Å². The number of rotatable bonds is 0. The van der Waals surface area contributed by atoms with Crippen LogP contribution in [0.1, 0.15) is 45.4 Å². The molecule has 0 aromatic rings. The highest BCUT2D eigenvalue weighted by molar-refractivity contribution is 4.82. The van der Waals surface area contributed by atoms with Crippen molar-refractivity contribution in [2.24, 2.45) is 17.8 Å². The van der Waals surface area contributed by atoms with Gasteiger partial charge in [-0.05, 0) is 30.6 Å². The predicted molar refractivity (Wildman–Crippen MR) is 43.8 cm³/mol. The molecular formula is C10H18. The van der Waals surface area contributed by atoms with Crippen molar-refractivity contribution in [1.82, 2.24) is 0 Å². The third kappa shape index (κ3) is 1.09. The first kappa shape index (κ1) is 6.69. The van der Waals surface area contributed by atoms with E-state index in [0.29, 0.717) is 0 Å². The van der Waals surface area contributed by atoms with Gasteiger partial charge in [0.05, 0.1) is 0 Å². The molecule has 10 heavy (non-hydrogen) atoms. The van der Waals surface area contributed by atoms with Gasteiger partial charge >= 0.3 is 0 Å². The average molecular weight is 138 g/mol. The van der Waals surface area contributed by atoms with Gasteiger partial charge in [0, 0.05) is 0 Å². The summed E-state index contributed by atoms with van der Waals surface area (Å²) in [5, 5.41) is 0. The van der Waals surface area contributed by atoms with Gasteiger partial charge in [-0.25, -0.2) is 0 Å². The molecule has 0 aromatic heterocycles. The van der Waals surface area contributed by atoms with Crippen LogP contribution >= 0.6 is 0 Å². The maximum atomic E-state index is 2.46. The van der Waals surface area contributed by atoms with Crippen LogP contribution in [0, 0.1) is 17.8 Å². The Morgan fingerprint density at radius 2 is 1.90 bits per heavy atom. The molecule has 0 radical (unpaired) electrons.